The van der Waals surface area contributed by atoms with Gasteiger partial charge in [-0.15, -0.1) is 0 Å². The predicted octanol–water partition coefficient (Wildman–Crippen LogP) is 4.50. The first-order chi connectivity index (χ1) is 21.4. The minimum atomic E-state index is -1.41. The van der Waals surface area contributed by atoms with Crippen molar-refractivity contribution in [2.45, 2.75) is 110 Å². The lowest BCUT2D eigenvalue weighted by molar-refractivity contribution is -0.159. The maximum absolute atomic E-state index is 14.4. The summed E-state index contributed by atoms with van der Waals surface area (Å²) in [4.78, 5) is 68.3. The zero-order valence-electron chi connectivity index (χ0n) is 28.3. The Bertz CT molecular complexity index is 1350. The number of hydrogen-bond donors (Lipinski definition) is 3. The molecule has 3 unspecified atom stereocenters. The first-order valence-electron chi connectivity index (χ1n) is 15.6. The fourth-order valence-electron chi connectivity index (χ4n) is 4.76. The van der Waals surface area contributed by atoms with E-state index in [0.29, 0.717) is 18.4 Å². The van der Waals surface area contributed by atoms with Crippen molar-refractivity contribution in [3.63, 3.8) is 0 Å². The number of nitrogens with zero attached hydrogens (tertiary/aromatic N) is 1. The molecule has 0 aliphatic heterocycles. The number of unbranched alkanes of at least 4 members (excludes halogenated alkanes) is 1. The first-order valence-corrected chi connectivity index (χ1v) is 15.6. The highest BCUT2D eigenvalue weighted by Crippen LogP contribution is 2.27. The number of carbonyl (C=O) groups excluding carboxylic acids is 5. The second kappa shape index (κ2) is 16.8. The summed E-state index contributed by atoms with van der Waals surface area (Å²) >= 11 is 0. The molecule has 2 rings (SSSR count). The SMILES string of the molecule is CCCCN(C(=O)C(CC(N)=O)NC(=O)OC(C)(C)C)C(C(=O)NC(Cc1ccccc1)C(=O)OC(C)(C)C)c1ccccc1C. The number of benzene rings is 2. The summed E-state index contributed by atoms with van der Waals surface area (Å²) in [6, 6.07) is 12.6. The molecular weight excluding hydrogens is 588 g/mol. The van der Waals surface area contributed by atoms with Gasteiger partial charge in [-0.1, -0.05) is 67.9 Å². The molecule has 0 bridgehead atoms. The fourth-order valence-corrected chi connectivity index (χ4v) is 4.76. The van der Waals surface area contributed by atoms with Crippen LogP contribution in [0.1, 0.15) is 90.5 Å². The van der Waals surface area contributed by atoms with Crippen molar-refractivity contribution in [2.75, 3.05) is 6.54 Å². The van der Waals surface area contributed by atoms with E-state index in [1.807, 2.05) is 56.3 Å². The molecule has 0 fully saturated rings. The van der Waals surface area contributed by atoms with Crippen LogP contribution in [0.2, 0.25) is 0 Å². The molecule has 2 aromatic rings. The maximum atomic E-state index is 14.4. The lowest BCUT2D eigenvalue weighted by Crippen LogP contribution is -2.56. The lowest BCUT2D eigenvalue weighted by atomic mass is 9.96. The number of aryl methyl sites for hydroxylation is 1. The zero-order chi connectivity index (χ0) is 34.7. The van der Waals surface area contributed by atoms with Gasteiger partial charge in [0.2, 0.25) is 17.7 Å². The van der Waals surface area contributed by atoms with Gasteiger partial charge in [0, 0.05) is 13.0 Å². The molecule has 0 saturated heterocycles. The molecule has 252 valence electrons. The molecule has 0 aliphatic rings. The van der Waals surface area contributed by atoms with Crippen molar-refractivity contribution >= 4 is 29.8 Å². The molecule has 46 heavy (non-hydrogen) atoms. The zero-order valence-corrected chi connectivity index (χ0v) is 28.3. The van der Waals surface area contributed by atoms with Gasteiger partial charge in [0.25, 0.3) is 0 Å². The quantitative estimate of drug-likeness (QED) is 0.257. The molecule has 11 heteroatoms. The summed E-state index contributed by atoms with van der Waals surface area (Å²) in [5, 5.41) is 5.35. The van der Waals surface area contributed by atoms with Crippen LogP contribution in [-0.2, 0) is 35.1 Å². The highest BCUT2D eigenvalue weighted by atomic mass is 16.6. The van der Waals surface area contributed by atoms with E-state index in [2.05, 4.69) is 10.6 Å². The fraction of sp³-hybridized carbons (Fsp3) is 0.514. The number of nitrogens with two attached hydrogens (primary N) is 1. The van der Waals surface area contributed by atoms with Crippen molar-refractivity contribution < 1.29 is 33.4 Å². The molecule has 0 aromatic heterocycles. The average Bonchev–Trinajstić information content (AvgIpc) is 2.93. The van der Waals surface area contributed by atoms with Gasteiger partial charge in [-0.25, -0.2) is 9.59 Å². The van der Waals surface area contributed by atoms with E-state index in [0.717, 1.165) is 11.1 Å². The van der Waals surface area contributed by atoms with Crippen LogP contribution in [0, 0.1) is 6.92 Å². The summed E-state index contributed by atoms with van der Waals surface area (Å²) in [6.45, 7) is 14.1. The van der Waals surface area contributed by atoms with Gasteiger partial charge in [0.05, 0.1) is 6.42 Å². The number of ether oxygens (including phenoxy) is 2. The second-order valence-corrected chi connectivity index (χ2v) is 13.3. The van der Waals surface area contributed by atoms with Crippen molar-refractivity contribution in [1.82, 2.24) is 15.5 Å². The number of hydrogen-bond acceptors (Lipinski definition) is 7. The van der Waals surface area contributed by atoms with E-state index in [9.17, 15) is 24.0 Å². The van der Waals surface area contributed by atoms with Gasteiger partial charge in [0.15, 0.2) is 0 Å². The van der Waals surface area contributed by atoms with Crippen LogP contribution in [0.3, 0.4) is 0 Å². The van der Waals surface area contributed by atoms with Gasteiger partial charge >= 0.3 is 12.1 Å². The monoisotopic (exact) mass is 638 g/mol. The largest absolute Gasteiger partial charge is 0.458 e. The topological polar surface area (TPSA) is 157 Å². The Hall–Kier alpha value is -4.41. The molecule has 0 aliphatic carbocycles. The molecule has 3 atom stereocenters. The van der Waals surface area contributed by atoms with Crippen molar-refractivity contribution in [3.05, 3.63) is 71.3 Å². The minimum absolute atomic E-state index is 0.114. The van der Waals surface area contributed by atoms with Crippen molar-refractivity contribution in [3.8, 4) is 0 Å². The van der Waals surface area contributed by atoms with Gasteiger partial charge < -0.3 is 30.7 Å². The standard InChI is InChI=1S/C35H50N4O7/c1-9-10-20-39(31(42)26(22-28(36)40)38-33(44)46-35(6,7)8)29(25-19-15-14-16-23(25)2)30(41)37-27(32(43)45-34(3,4)5)21-24-17-12-11-13-18-24/h11-19,26-27,29H,9-10,20-22H2,1-8H3,(H2,36,40)(H,37,41)(H,38,44). The summed E-state index contributed by atoms with van der Waals surface area (Å²) in [7, 11) is 0. The van der Waals surface area contributed by atoms with Crippen LogP contribution < -0.4 is 16.4 Å². The lowest BCUT2D eigenvalue weighted by Gasteiger charge is -2.35. The smallest absolute Gasteiger partial charge is 0.408 e. The van der Waals surface area contributed by atoms with E-state index >= 15 is 0 Å². The number of amides is 4. The number of esters is 1. The first kappa shape index (κ1) is 37.8. The van der Waals surface area contributed by atoms with Crippen LogP contribution in [0.4, 0.5) is 4.79 Å². The Kier molecular flexibility index (Phi) is 13.8. The summed E-state index contributed by atoms with van der Waals surface area (Å²) in [6.07, 6.45) is -0.0867. The van der Waals surface area contributed by atoms with Gasteiger partial charge in [-0.3, -0.25) is 14.4 Å². The second-order valence-electron chi connectivity index (χ2n) is 13.3. The Labute approximate surface area is 272 Å². The molecule has 2 aromatic carbocycles. The van der Waals surface area contributed by atoms with E-state index in [1.54, 1.807) is 53.7 Å². The van der Waals surface area contributed by atoms with Crippen LogP contribution in [0.15, 0.2) is 54.6 Å². The van der Waals surface area contributed by atoms with Gasteiger partial charge in [-0.2, -0.15) is 0 Å². The number of alkyl carbamates (subject to hydrolysis) is 1. The van der Waals surface area contributed by atoms with Gasteiger partial charge in [0.1, 0.15) is 29.3 Å². The van der Waals surface area contributed by atoms with Crippen molar-refractivity contribution in [2.24, 2.45) is 5.73 Å². The van der Waals surface area contributed by atoms with Crippen LogP contribution in [0.25, 0.3) is 0 Å². The maximum Gasteiger partial charge on any atom is 0.408 e. The minimum Gasteiger partial charge on any atom is -0.458 e. The Morgan fingerprint density at radius 1 is 0.826 bits per heavy atom. The third-order valence-electron chi connectivity index (χ3n) is 6.76. The number of primary amides is 1. The van der Waals surface area contributed by atoms with Crippen LogP contribution in [-0.4, -0.2) is 64.5 Å². The normalized spacial score (nSPS) is 13.5. The molecule has 0 spiro atoms. The van der Waals surface area contributed by atoms with E-state index in [1.165, 1.54) is 4.90 Å². The number of carbonyl (C=O) groups is 5. The highest BCUT2D eigenvalue weighted by Gasteiger charge is 2.39. The summed E-state index contributed by atoms with van der Waals surface area (Å²) < 4.78 is 11.0. The summed E-state index contributed by atoms with van der Waals surface area (Å²) in [5.41, 5.74) is 5.85. The van der Waals surface area contributed by atoms with E-state index in [-0.39, 0.29) is 13.0 Å². The average molecular weight is 639 g/mol. The molecular formula is C35H50N4O7. The van der Waals surface area contributed by atoms with Crippen LogP contribution >= 0.6 is 0 Å². The third kappa shape index (κ3) is 12.5. The number of nitrogens with one attached hydrogen (secondary N) is 2. The molecule has 4 amide bonds. The predicted molar refractivity (Wildman–Crippen MR) is 175 cm³/mol. The molecule has 0 saturated carbocycles. The Balaban J connectivity index is 2.62. The van der Waals surface area contributed by atoms with Crippen LogP contribution in [0.5, 0.6) is 0 Å². The number of rotatable bonds is 14. The van der Waals surface area contributed by atoms with E-state index < -0.39 is 65.5 Å². The Morgan fingerprint density at radius 3 is 1.96 bits per heavy atom. The molecule has 0 radical (unpaired) electrons. The Morgan fingerprint density at radius 2 is 1.41 bits per heavy atom. The van der Waals surface area contributed by atoms with Gasteiger partial charge in [-0.05, 0) is 71.6 Å². The third-order valence-corrected chi connectivity index (χ3v) is 6.76. The van der Waals surface area contributed by atoms with E-state index in [4.69, 9.17) is 15.2 Å². The highest BCUT2D eigenvalue weighted by molar-refractivity contribution is 5.95. The molecule has 0 heterocycles. The van der Waals surface area contributed by atoms with Crippen molar-refractivity contribution in [1.29, 1.82) is 0 Å². The molecule has 4 N–H and O–H groups in total. The molecule has 11 nitrogen and oxygen atoms in total. The summed E-state index contributed by atoms with van der Waals surface area (Å²) in [5.74, 6) is -2.77.